The van der Waals surface area contributed by atoms with Crippen LogP contribution in [-0.2, 0) is 4.79 Å². The molecule has 1 saturated carbocycles. The summed E-state index contributed by atoms with van der Waals surface area (Å²) in [5, 5.41) is 4.64. The standard InChI is InChI=1S/C12H24N2OSi/c1-12(2)8-10(7-11(15)9-12)13-14(3)16(4,5)6/h7-9H2,1-6H3. The highest BCUT2D eigenvalue weighted by atomic mass is 28.3. The fourth-order valence-corrected chi connectivity index (χ4v) is 2.38. The van der Waals surface area contributed by atoms with Gasteiger partial charge in [-0.05, 0) is 11.8 Å². The van der Waals surface area contributed by atoms with E-state index in [1.165, 1.54) is 0 Å². The van der Waals surface area contributed by atoms with Gasteiger partial charge in [-0.3, -0.25) is 4.79 Å². The normalized spacial score (nSPS) is 23.6. The molecule has 16 heavy (non-hydrogen) atoms. The lowest BCUT2D eigenvalue weighted by Gasteiger charge is -2.33. The highest BCUT2D eigenvalue weighted by Gasteiger charge is 2.31. The SMILES string of the molecule is CN(N=C1CC(=O)CC(C)(C)C1)[Si](C)(C)C. The Labute approximate surface area is 100.0 Å². The number of ketones is 1. The van der Waals surface area contributed by atoms with E-state index in [4.69, 9.17) is 0 Å². The summed E-state index contributed by atoms with van der Waals surface area (Å²) in [6.07, 6.45) is 2.20. The third-order valence-corrected chi connectivity index (χ3v) is 5.06. The van der Waals surface area contributed by atoms with E-state index in [1.807, 2.05) is 7.05 Å². The highest BCUT2D eigenvalue weighted by molar-refractivity contribution is 6.73. The summed E-state index contributed by atoms with van der Waals surface area (Å²) in [6.45, 7) is 11.1. The van der Waals surface area contributed by atoms with Gasteiger partial charge >= 0.3 is 0 Å². The quantitative estimate of drug-likeness (QED) is 0.549. The molecule has 0 heterocycles. The molecule has 0 aromatic heterocycles. The van der Waals surface area contributed by atoms with Gasteiger partial charge in [0.25, 0.3) is 0 Å². The predicted molar refractivity (Wildman–Crippen MR) is 71.2 cm³/mol. The minimum Gasteiger partial charge on any atom is -0.328 e. The second-order valence-electron chi connectivity index (χ2n) is 6.59. The molecule has 1 rings (SSSR count). The topological polar surface area (TPSA) is 32.7 Å². The first kappa shape index (κ1) is 13.4. The Morgan fingerprint density at radius 3 is 2.25 bits per heavy atom. The zero-order valence-electron chi connectivity index (χ0n) is 11.4. The molecular weight excluding hydrogens is 216 g/mol. The average molecular weight is 240 g/mol. The summed E-state index contributed by atoms with van der Waals surface area (Å²) in [5.41, 5.74) is 1.15. The molecule has 0 saturated heterocycles. The van der Waals surface area contributed by atoms with Crippen molar-refractivity contribution in [3.05, 3.63) is 0 Å². The lowest BCUT2D eigenvalue weighted by atomic mass is 9.76. The van der Waals surface area contributed by atoms with E-state index < -0.39 is 8.24 Å². The maximum Gasteiger partial charge on any atom is 0.168 e. The molecule has 0 aromatic carbocycles. The Morgan fingerprint density at radius 2 is 1.81 bits per heavy atom. The Hall–Kier alpha value is -0.643. The van der Waals surface area contributed by atoms with Crippen LogP contribution in [0.3, 0.4) is 0 Å². The van der Waals surface area contributed by atoms with E-state index in [0.29, 0.717) is 18.6 Å². The van der Waals surface area contributed by atoms with E-state index in [9.17, 15) is 4.79 Å². The van der Waals surface area contributed by atoms with Crippen LogP contribution in [0.2, 0.25) is 19.6 Å². The Bertz CT molecular complexity index is 315. The number of hydrogen-bond donors (Lipinski definition) is 0. The second kappa shape index (κ2) is 4.32. The van der Waals surface area contributed by atoms with Crippen LogP contribution < -0.4 is 0 Å². The van der Waals surface area contributed by atoms with Crippen LogP contribution in [-0.4, -0.2) is 31.5 Å². The van der Waals surface area contributed by atoms with Crippen LogP contribution in [0.4, 0.5) is 0 Å². The van der Waals surface area contributed by atoms with Gasteiger partial charge in [-0.25, -0.2) is 0 Å². The van der Waals surface area contributed by atoms with Gasteiger partial charge < -0.3 is 4.67 Å². The van der Waals surface area contributed by atoms with Gasteiger partial charge in [0.2, 0.25) is 0 Å². The van der Waals surface area contributed by atoms with E-state index in [-0.39, 0.29) is 5.41 Å². The van der Waals surface area contributed by atoms with Gasteiger partial charge in [0.15, 0.2) is 8.24 Å². The van der Waals surface area contributed by atoms with E-state index in [1.54, 1.807) is 0 Å². The predicted octanol–water partition coefficient (Wildman–Crippen LogP) is 2.89. The van der Waals surface area contributed by atoms with Gasteiger partial charge in [-0.15, -0.1) is 0 Å². The van der Waals surface area contributed by atoms with Gasteiger partial charge in [0.05, 0.1) is 0 Å². The molecule has 1 aliphatic carbocycles. The molecule has 1 fully saturated rings. The Balaban J connectivity index is 2.81. The number of Topliss-reactive ketones (excluding diaryl/α,β-unsaturated/α-hetero) is 1. The summed E-state index contributed by atoms with van der Waals surface area (Å²) in [7, 11) is 0.655. The molecule has 4 heteroatoms. The molecule has 0 aliphatic heterocycles. The van der Waals surface area contributed by atoms with Gasteiger partial charge in [-0.1, -0.05) is 33.5 Å². The number of nitrogens with zero attached hydrogens (tertiary/aromatic N) is 2. The summed E-state index contributed by atoms with van der Waals surface area (Å²) in [5.74, 6) is 0.332. The van der Waals surface area contributed by atoms with Gasteiger partial charge in [0, 0.05) is 25.6 Å². The van der Waals surface area contributed by atoms with Crippen LogP contribution >= 0.6 is 0 Å². The second-order valence-corrected chi connectivity index (χ2v) is 11.6. The van der Waals surface area contributed by atoms with E-state index in [0.717, 1.165) is 12.1 Å². The first-order chi connectivity index (χ1) is 7.10. The molecule has 0 spiro atoms. The maximum absolute atomic E-state index is 11.6. The van der Waals surface area contributed by atoms with Gasteiger partial charge in [0.1, 0.15) is 5.78 Å². The van der Waals surface area contributed by atoms with Crippen molar-refractivity contribution >= 4 is 19.7 Å². The van der Waals surface area contributed by atoms with Crippen LogP contribution in [0.1, 0.15) is 33.1 Å². The zero-order valence-corrected chi connectivity index (χ0v) is 12.4. The monoisotopic (exact) mass is 240 g/mol. The zero-order chi connectivity index (χ0) is 12.6. The number of hydrazone groups is 1. The number of carbonyl (C=O) groups is 1. The molecule has 0 unspecified atom stereocenters. The summed E-state index contributed by atoms with van der Waals surface area (Å²) >= 11 is 0. The highest BCUT2D eigenvalue weighted by Crippen LogP contribution is 2.32. The molecule has 0 bridgehead atoms. The van der Waals surface area contributed by atoms with Crippen molar-refractivity contribution in [2.45, 2.75) is 52.8 Å². The van der Waals surface area contributed by atoms with Crippen molar-refractivity contribution in [3.8, 4) is 0 Å². The third-order valence-electron chi connectivity index (χ3n) is 3.02. The van der Waals surface area contributed by atoms with Crippen molar-refractivity contribution < 1.29 is 4.79 Å². The molecule has 1 aliphatic rings. The lowest BCUT2D eigenvalue weighted by Crippen LogP contribution is -2.41. The van der Waals surface area contributed by atoms with E-state index >= 15 is 0 Å². The largest absolute Gasteiger partial charge is 0.328 e. The smallest absolute Gasteiger partial charge is 0.168 e. The summed E-state index contributed by atoms with van der Waals surface area (Å²) in [6, 6.07) is 0. The first-order valence-electron chi connectivity index (χ1n) is 5.92. The molecule has 0 amide bonds. The first-order valence-corrected chi connectivity index (χ1v) is 9.37. The molecule has 3 nitrogen and oxygen atoms in total. The molecule has 0 aromatic rings. The van der Waals surface area contributed by atoms with Crippen LogP contribution in [0.15, 0.2) is 5.10 Å². The van der Waals surface area contributed by atoms with Gasteiger partial charge in [-0.2, -0.15) is 5.10 Å². The van der Waals surface area contributed by atoms with E-state index in [2.05, 4.69) is 43.3 Å². The fourth-order valence-electron chi connectivity index (χ4n) is 1.93. The maximum atomic E-state index is 11.6. The van der Waals surface area contributed by atoms with Crippen molar-refractivity contribution in [1.29, 1.82) is 0 Å². The minimum atomic E-state index is -1.38. The molecule has 0 radical (unpaired) electrons. The van der Waals surface area contributed by atoms with Crippen molar-refractivity contribution in [2.75, 3.05) is 7.05 Å². The molecule has 0 atom stereocenters. The minimum absolute atomic E-state index is 0.0917. The molecular formula is C12H24N2OSi. The summed E-state index contributed by atoms with van der Waals surface area (Å²) in [4.78, 5) is 11.6. The van der Waals surface area contributed by atoms with Crippen molar-refractivity contribution in [3.63, 3.8) is 0 Å². The average Bonchev–Trinajstić information content (AvgIpc) is 1.97. The Kier molecular flexibility index (Phi) is 3.62. The lowest BCUT2D eigenvalue weighted by molar-refractivity contribution is -0.120. The van der Waals surface area contributed by atoms with Crippen LogP contribution in [0.25, 0.3) is 0 Å². The van der Waals surface area contributed by atoms with Crippen LogP contribution in [0.5, 0.6) is 0 Å². The third kappa shape index (κ3) is 3.74. The number of carbonyl (C=O) groups excluding carboxylic acids is 1. The summed E-state index contributed by atoms with van der Waals surface area (Å²) < 4.78 is 2.09. The van der Waals surface area contributed by atoms with Crippen molar-refractivity contribution in [1.82, 2.24) is 4.67 Å². The molecule has 0 N–H and O–H groups in total. The molecule has 92 valence electrons. The Morgan fingerprint density at radius 1 is 1.25 bits per heavy atom. The van der Waals surface area contributed by atoms with Crippen molar-refractivity contribution in [2.24, 2.45) is 10.5 Å². The number of rotatable bonds is 2. The fraction of sp³-hybridized carbons (Fsp3) is 0.833. The van der Waals surface area contributed by atoms with Crippen LogP contribution in [0, 0.1) is 5.41 Å². The number of hydrogen-bond acceptors (Lipinski definition) is 3.